The molecule has 0 saturated carbocycles. The van der Waals surface area contributed by atoms with E-state index in [-0.39, 0.29) is 0 Å². The fraction of sp³-hybridized carbons (Fsp3) is 0.357. The van der Waals surface area contributed by atoms with Crippen molar-refractivity contribution in [3.8, 4) is 11.3 Å². The van der Waals surface area contributed by atoms with E-state index in [0.29, 0.717) is 0 Å². The minimum Gasteiger partial charge on any atom is -0.368 e. The van der Waals surface area contributed by atoms with Crippen LogP contribution in [0.25, 0.3) is 16.9 Å². The number of hydrogen-bond acceptors (Lipinski definition) is 4. The van der Waals surface area contributed by atoms with Crippen molar-refractivity contribution in [2.24, 2.45) is 0 Å². The third-order valence-corrected chi connectivity index (χ3v) is 7.49. The van der Waals surface area contributed by atoms with Gasteiger partial charge in [-0.25, -0.2) is 4.98 Å². The van der Waals surface area contributed by atoms with Crippen LogP contribution in [0.15, 0.2) is 48.5 Å². The van der Waals surface area contributed by atoms with Gasteiger partial charge in [-0.15, -0.1) is 0 Å². The third-order valence-electron chi connectivity index (χ3n) is 7.25. The van der Waals surface area contributed by atoms with Crippen LogP contribution in [0, 0.1) is 13.8 Å². The van der Waals surface area contributed by atoms with Gasteiger partial charge in [0.2, 0.25) is 0 Å². The number of benzene rings is 2. The van der Waals surface area contributed by atoms with E-state index in [1.54, 1.807) is 0 Å². The van der Waals surface area contributed by atoms with Gasteiger partial charge in [0.25, 0.3) is 0 Å². The topological polar surface area (TPSA) is 36.7 Å². The monoisotopic (exact) mass is 471 g/mol. The van der Waals surface area contributed by atoms with Crippen molar-refractivity contribution in [3.63, 3.8) is 0 Å². The molecule has 0 N–H and O–H groups in total. The highest BCUT2D eigenvalue weighted by atomic mass is 35.5. The zero-order chi connectivity index (χ0) is 23.2. The molecule has 0 atom stereocenters. The van der Waals surface area contributed by atoms with E-state index in [0.717, 1.165) is 60.9 Å². The molecule has 2 aliphatic rings. The molecule has 2 aromatic heterocycles. The average molecular weight is 472 g/mol. The molecule has 0 spiro atoms. The Morgan fingerprint density at radius 1 is 0.853 bits per heavy atom. The molecule has 1 aliphatic heterocycles. The van der Waals surface area contributed by atoms with Gasteiger partial charge in [0.05, 0.1) is 5.69 Å². The van der Waals surface area contributed by atoms with Gasteiger partial charge in [-0.3, -0.25) is 0 Å². The summed E-state index contributed by atoms with van der Waals surface area (Å²) < 4.78 is 2.11. The predicted octanol–water partition coefficient (Wildman–Crippen LogP) is 5.87. The lowest BCUT2D eigenvalue weighted by molar-refractivity contribution is 0.615. The largest absolute Gasteiger partial charge is 0.368 e. The summed E-state index contributed by atoms with van der Waals surface area (Å²) in [4.78, 5) is 10.1. The number of aromatic nitrogens is 3. The maximum absolute atomic E-state index is 6.31. The lowest BCUT2D eigenvalue weighted by atomic mass is 9.96. The number of aryl methyl sites for hydroxylation is 3. The van der Waals surface area contributed by atoms with Crippen LogP contribution in [0.5, 0.6) is 0 Å². The predicted molar refractivity (Wildman–Crippen MR) is 140 cm³/mol. The van der Waals surface area contributed by atoms with E-state index in [1.807, 2.05) is 6.07 Å². The summed E-state index contributed by atoms with van der Waals surface area (Å²) in [7, 11) is 0. The molecule has 6 heteroatoms. The lowest BCUT2D eigenvalue weighted by Crippen LogP contribution is -2.48. The fourth-order valence-corrected chi connectivity index (χ4v) is 5.65. The second kappa shape index (κ2) is 8.62. The smallest absolute Gasteiger partial charge is 0.158 e. The molecule has 174 valence electrons. The van der Waals surface area contributed by atoms with E-state index < -0.39 is 0 Å². The number of rotatable bonds is 3. The second-order valence-electron chi connectivity index (χ2n) is 9.64. The number of hydrogen-bond donors (Lipinski definition) is 0. The molecule has 6 rings (SSSR count). The van der Waals surface area contributed by atoms with Gasteiger partial charge in [0, 0.05) is 59.8 Å². The Hall–Kier alpha value is -3.05. The first-order chi connectivity index (χ1) is 16.6. The molecule has 3 heterocycles. The van der Waals surface area contributed by atoms with E-state index >= 15 is 0 Å². The van der Waals surface area contributed by atoms with Gasteiger partial charge in [-0.2, -0.15) is 9.61 Å². The molecule has 1 fully saturated rings. The molecule has 0 unspecified atom stereocenters. The van der Waals surface area contributed by atoms with Crippen molar-refractivity contribution >= 4 is 28.8 Å². The van der Waals surface area contributed by atoms with Crippen LogP contribution in [0.4, 0.5) is 11.5 Å². The first-order valence-corrected chi connectivity index (χ1v) is 12.7. The summed E-state index contributed by atoms with van der Waals surface area (Å²) in [6.07, 6.45) is 4.59. The van der Waals surface area contributed by atoms with Gasteiger partial charge >= 0.3 is 0 Å². The molecule has 0 radical (unpaired) electrons. The number of anilines is 2. The number of halogens is 1. The van der Waals surface area contributed by atoms with Crippen LogP contribution in [0.3, 0.4) is 0 Å². The second-order valence-corrected chi connectivity index (χ2v) is 10.1. The molecule has 1 saturated heterocycles. The number of nitrogens with zero attached hydrogens (tertiary/aromatic N) is 5. The Balaban J connectivity index is 1.38. The summed E-state index contributed by atoms with van der Waals surface area (Å²) in [5.41, 5.74) is 9.52. The normalized spacial score (nSPS) is 16.2. The Morgan fingerprint density at radius 2 is 1.65 bits per heavy atom. The number of piperazine rings is 1. The molecule has 2 aromatic carbocycles. The molecule has 0 bridgehead atoms. The minimum atomic E-state index is 0.799. The Bertz CT molecular complexity index is 1370. The molecule has 1 aliphatic carbocycles. The van der Waals surface area contributed by atoms with Crippen molar-refractivity contribution in [1.82, 2.24) is 14.6 Å². The van der Waals surface area contributed by atoms with Gasteiger partial charge in [-0.1, -0.05) is 41.4 Å². The van der Waals surface area contributed by atoms with Crippen molar-refractivity contribution < 1.29 is 0 Å². The highest BCUT2D eigenvalue weighted by Gasteiger charge is 2.27. The van der Waals surface area contributed by atoms with Crippen LogP contribution >= 0.6 is 11.6 Å². The standard InChI is InChI=1S/C28H30ClN5/c1-19-6-5-7-21(16-19)25-18-27-30-24-9-4-3-8-23(24)28(34(27)31-25)33-14-12-32(13-15-33)26-17-22(29)11-10-20(26)2/h5-7,10-11,16-18H,3-4,8-9,12-15H2,1-2H3. The zero-order valence-electron chi connectivity index (χ0n) is 19.9. The summed E-state index contributed by atoms with van der Waals surface area (Å²) >= 11 is 6.31. The number of fused-ring (bicyclic) bond motifs is 2. The minimum absolute atomic E-state index is 0.799. The highest BCUT2D eigenvalue weighted by molar-refractivity contribution is 6.30. The van der Waals surface area contributed by atoms with Crippen molar-refractivity contribution in [2.45, 2.75) is 39.5 Å². The van der Waals surface area contributed by atoms with Crippen molar-refractivity contribution in [2.75, 3.05) is 36.0 Å². The summed E-state index contributed by atoms with van der Waals surface area (Å²) in [5.74, 6) is 1.25. The van der Waals surface area contributed by atoms with Crippen LogP contribution in [0.1, 0.15) is 35.2 Å². The summed E-state index contributed by atoms with van der Waals surface area (Å²) in [6.45, 7) is 8.13. The maximum Gasteiger partial charge on any atom is 0.158 e. The van der Waals surface area contributed by atoms with Crippen molar-refractivity contribution in [1.29, 1.82) is 0 Å². The molecular weight excluding hydrogens is 442 g/mol. The molecule has 34 heavy (non-hydrogen) atoms. The SMILES string of the molecule is Cc1cccc(-c2cc3nc4c(c(N5CCN(c6cc(Cl)ccc6C)CC5)n3n2)CCCC4)c1. The summed E-state index contributed by atoms with van der Waals surface area (Å²) in [5, 5.41) is 5.89. The third kappa shape index (κ3) is 3.82. The first kappa shape index (κ1) is 21.5. The van der Waals surface area contributed by atoms with Crippen LogP contribution in [0.2, 0.25) is 5.02 Å². The molecule has 4 aromatic rings. The Kier molecular flexibility index (Phi) is 5.45. The van der Waals surface area contributed by atoms with E-state index in [4.69, 9.17) is 21.7 Å². The average Bonchev–Trinajstić information content (AvgIpc) is 3.28. The highest BCUT2D eigenvalue weighted by Crippen LogP contribution is 2.33. The van der Waals surface area contributed by atoms with Crippen LogP contribution in [-0.2, 0) is 12.8 Å². The van der Waals surface area contributed by atoms with E-state index in [2.05, 4.69) is 70.6 Å². The molecule has 5 nitrogen and oxygen atoms in total. The first-order valence-electron chi connectivity index (χ1n) is 12.3. The van der Waals surface area contributed by atoms with Crippen LogP contribution in [-0.4, -0.2) is 40.8 Å². The Morgan fingerprint density at radius 3 is 2.47 bits per heavy atom. The van der Waals surface area contributed by atoms with Crippen LogP contribution < -0.4 is 9.80 Å². The van der Waals surface area contributed by atoms with Crippen molar-refractivity contribution in [3.05, 3.63) is 75.9 Å². The fourth-order valence-electron chi connectivity index (χ4n) is 5.48. The Labute approximate surface area is 206 Å². The quantitative estimate of drug-likeness (QED) is 0.374. The van der Waals surface area contributed by atoms with Gasteiger partial charge in [0.15, 0.2) is 5.65 Å². The lowest BCUT2D eigenvalue weighted by Gasteiger charge is -2.39. The molecular formula is C28H30ClN5. The van der Waals surface area contributed by atoms with E-state index in [1.165, 1.54) is 46.7 Å². The zero-order valence-corrected chi connectivity index (χ0v) is 20.6. The maximum atomic E-state index is 6.31. The van der Waals surface area contributed by atoms with Gasteiger partial charge in [0.1, 0.15) is 5.82 Å². The van der Waals surface area contributed by atoms with Gasteiger partial charge < -0.3 is 9.80 Å². The van der Waals surface area contributed by atoms with Gasteiger partial charge in [-0.05, 0) is 63.3 Å². The molecule has 0 amide bonds. The summed E-state index contributed by atoms with van der Waals surface area (Å²) in [6, 6.07) is 16.9. The van der Waals surface area contributed by atoms with E-state index in [9.17, 15) is 0 Å².